The molecule has 2 aromatic rings. The van der Waals surface area contributed by atoms with Gasteiger partial charge in [-0.2, -0.15) is 0 Å². The van der Waals surface area contributed by atoms with E-state index in [0.717, 1.165) is 23.0 Å². The molecule has 150 valence electrons. The molecule has 0 bridgehead atoms. The van der Waals surface area contributed by atoms with Gasteiger partial charge in [-0.1, -0.05) is 60.3 Å². The number of anilines is 1. The second-order valence-corrected chi connectivity index (χ2v) is 7.69. The summed E-state index contributed by atoms with van der Waals surface area (Å²) in [5, 5.41) is 3.21. The second kappa shape index (κ2) is 11.8. The zero-order valence-corrected chi connectivity index (χ0v) is 18.8. The van der Waals surface area contributed by atoms with E-state index in [1.807, 2.05) is 54.3 Å². The number of nitrogens with zero attached hydrogens (tertiary/aromatic N) is 1. The highest BCUT2D eigenvalue weighted by molar-refractivity contribution is 9.10. The van der Waals surface area contributed by atoms with Gasteiger partial charge in [-0.25, -0.2) is 0 Å². The van der Waals surface area contributed by atoms with Crippen molar-refractivity contribution >= 4 is 44.9 Å². The van der Waals surface area contributed by atoms with Gasteiger partial charge in [-0.15, -0.1) is 0 Å². The lowest BCUT2D eigenvalue weighted by Crippen LogP contribution is -2.42. The van der Waals surface area contributed by atoms with Gasteiger partial charge in [0.2, 0.25) is 0 Å². The zero-order valence-electron chi connectivity index (χ0n) is 16.4. The van der Waals surface area contributed by atoms with E-state index in [9.17, 15) is 4.79 Å². The quantitative estimate of drug-likeness (QED) is 0.369. The van der Waals surface area contributed by atoms with Crippen LogP contribution in [0.5, 0.6) is 5.75 Å². The molecule has 6 heteroatoms. The van der Waals surface area contributed by atoms with Gasteiger partial charge in [0.1, 0.15) is 5.75 Å². The van der Waals surface area contributed by atoms with E-state index in [-0.39, 0.29) is 5.91 Å². The molecule has 1 N–H and O–H groups in total. The summed E-state index contributed by atoms with van der Waals surface area (Å²) in [4.78, 5) is 14.8. The smallest absolute Gasteiger partial charge is 0.261 e. The fraction of sp³-hybridized carbons (Fsp3) is 0.364. The summed E-state index contributed by atoms with van der Waals surface area (Å²) in [6.07, 6.45) is 4.47. The minimum atomic E-state index is -0.274. The van der Waals surface area contributed by atoms with Gasteiger partial charge >= 0.3 is 0 Å². The number of unbranched alkanes of at least 4 members (excludes halogenated alkanes) is 3. The van der Waals surface area contributed by atoms with Crippen molar-refractivity contribution in [2.45, 2.75) is 39.5 Å². The van der Waals surface area contributed by atoms with Gasteiger partial charge < -0.3 is 9.64 Å². The van der Waals surface area contributed by atoms with E-state index in [0.29, 0.717) is 29.6 Å². The average molecular weight is 463 g/mol. The standard InChI is InChI=1S/C22H27BrN2O2S/c1-3-5-6-10-15-27-20-14-13-17(23)16-19(20)21(26)24-22(28)25(4-2)18-11-8-7-9-12-18/h7-9,11-14,16H,3-6,10,15H2,1-2H3,(H,24,26,28). The molecular formula is C22H27BrN2O2S. The van der Waals surface area contributed by atoms with Gasteiger partial charge in [0.15, 0.2) is 5.11 Å². The molecule has 0 aromatic heterocycles. The van der Waals surface area contributed by atoms with Crippen LogP contribution in [-0.2, 0) is 0 Å². The predicted molar refractivity (Wildman–Crippen MR) is 123 cm³/mol. The normalized spacial score (nSPS) is 10.4. The number of halogens is 1. The molecule has 0 aliphatic rings. The maximum absolute atomic E-state index is 12.9. The maximum Gasteiger partial charge on any atom is 0.261 e. The minimum absolute atomic E-state index is 0.274. The number of benzene rings is 2. The molecule has 2 aromatic carbocycles. The van der Waals surface area contributed by atoms with Crippen LogP contribution < -0.4 is 15.0 Å². The van der Waals surface area contributed by atoms with Crippen LogP contribution in [0.2, 0.25) is 0 Å². The lowest BCUT2D eigenvalue weighted by atomic mass is 10.2. The van der Waals surface area contributed by atoms with Crippen LogP contribution in [0.3, 0.4) is 0 Å². The number of carbonyl (C=O) groups excluding carboxylic acids is 1. The zero-order chi connectivity index (χ0) is 20.4. The highest BCUT2D eigenvalue weighted by Gasteiger charge is 2.18. The molecule has 0 aliphatic heterocycles. The number of amides is 1. The summed E-state index contributed by atoms with van der Waals surface area (Å²) < 4.78 is 6.69. The molecule has 0 fully saturated rings. The molecule has 0 aliphatic carbocycles. The van der Waals surface area contributed by atoms with Crippen molar-refractivity contribution in [1.82, 2.24) is 5.32 Å². The van der Waals surface area contributed by atoms with Crippen LogP contribution >= 0.6 is 28.1 Å². The fourth-order valence-corrected chi connectivity index (χ4v) is 3.49. The van der Waals surface area contributed by atoms with E-state index < -0.39 is 0 Å². The summed E-state index contributed by atoms with van der Waals surface area (Å²) >= 11 is 8.92. The largest absolute Gasteiger partial charge is 0.493 e. The number of hydrogen-bond acceptors (Lipinski definition) is 3. The molecule has 28 heavy (non-hydrogen) atoms. The monoisotopic (exact) mass is 462 g/mol. The average Bonchev–Trinajstić information content (AvgIpc) is 2.70. The van der Waals surface area contributed by atoms with E-state index >= 15 is 0 Å². The van der Waals surface area contributed by atoms with Gasteiger partial charge in [-0.05, 0) is 55.9 Å². The van der Waals surface area contributed by atoms with Crippen molar-refractivity contribution in [3.8, 4) is 5.75 Å². The van der Waals surface area contributed by atoms with Gasteiger partial charge in [0.25, 0.3) is 5.91 Å². The van der Waals surface area contributed by atoms with Crippen LogP contribution in [0, 0.1) is 0 Å². The Hall–Kier alpha value is -1.92. The van der Waals surface area contributed by atoms with Gasteiger partial charge in [-0.3, -0.25) is 10.1 Å². The van der Waals surface area contributed by atoms with Gasteiger partial charge in [0.05, 0.1) is 12.2 Å². The highest BCUT2D eigenvalue weighted by Crippen LogP contribution is 2.24. The van der Waals surface area contributed by atoms with Crippen LogP contribution in [0.15, 0.2) is 53.0 Å². The van der Waals surface area contributed by atoms with Crippen LogP contribution in [0.1, 0.15) is 49.9 Å². The third kappa shape index (κ3) is 6.60. The Balaban J connectivity index is 2.07. The Morgan fingerprint density at radius 3 is 2.54 bits per heavy atom. The first kappa shape index (κ1) is 22.4. The number of hydrogen-bond donors (Lipinski definition) is 1. The SMILES string of the molecule is CCCCCCOc1ccc(Br)cc1C(=O)NC(=S)N(CC)c1ccccc1. The highest BCUT2D eigenvalue weighted by atomic mass is 79.9. The summed E-state index contributed by atoms with van der Waals surface area (Å²) in [7, 11) is 0. The molecule has 0 unspecified atom stereocenters. The lowest BCUT2D eigenvalue weighted by molar-refractivity contribution is 0.0973. The molecule has 0 saturated heterocycles. The number of nitrogens with one attached hydrogen (secondary N) is 1. The molecule has 0 heterocycles. The van der Waals surface area contributed by atoms with Crippen molar-refractivity contribution in [1.29, 1.82) is 0 Å². The molecule has 1 amide bonds. The lowest BCUT2D eigenvalue weighted by Gasteiger charge is -2.24. The number of ether oxygens (including phenoxy) is 1. The van der Waals surface area contributed by atoms with Crippen LogP contribution in [-0.4, -0.2) is 24.2 Å². The van der Waals surface area contributed by atoms with E-state index in [4.69, 9.17) is 17.0 Å². The van der Waals surface area contributed by atoms with E-state index in [1.165, 1.54) is 12.8 Å². The Kier molecular flexibility index (Phi) is 9.44. The first-order valence-electron chi connectivity index (χ1n) is 9.67. The summed E-state index contributed by atoms with van der Waals surface area (Å²) in [5.74, 6) is 0.298. The van der Waals surface area contributed by atoms with E-state index in [2.05, 4.69) is 28.2 Å². The second-order valence-electron chi connectivity index (χ2n) is 6.39. The van der Waals surface area contributed by atoms with Crippen molar-refractivity contribution in [2.75, 3.05) is 18.1 Å². The summed E-state index contributed by atoms with van der Waals surface area (Å²) in [6, 6.07) is 15.2. The Morgan fingerprint density at radius 1 is 1.11 bits per heavy atom. The van der Waals surface area contributed by atoms with Gasteiger partial charge in [0, 0.05) is 16.7 Å². The Bertz CT molecular complexity index is 783. The topological polar surface area (TPSA) is 41.6 Å². The Morgan fingerprint density at radius 2 is 1.86 bits per heavy atom. The number of para-hydroxylation sites is 1. The number of rotatable bonds is 9. The predicted octanol–water partition coefficient (Wildman–Crippen LogP) is 5.95. The summed E-state index contributed by atoms with van der Waals surface area (Å²) in [6.45, 7) is 5.42. The van der Waals surface area contributed by atoms with Crippen molar-refractivity contribution < 1.29 is 9.53 Å². The molecule has 4 nitrogen and oxygen atoms in total. The number of thiocarbonyl (C=S) groups is 1. The fourth-order valence-electron chi connectivity index (χ4n) is 2.80. The molecule has 0 atom stereocenters. The third-order valence-electron chi connectivity index (χ3n) is 4.29. The van der Waals surface area contributed by atoms with E-state index in [1.54, 1.807) is 6.07 Å². The molecule has 0 spiro atoms. The van der Waals surface area contributed by atoms with Crippen molar-refractivity contribution in [3.05, 3.63) is 58.6 Å². The maximum atomic E-state index is 12.9. The van der Waals surface area contributed by atoms with Crippen LogP contribution in [0.4, 0.5) is 5.69 Å². The molecule has 2 rings (SSSR count). The van der Waals surface area contributed by atoms with Crippen LogP contribution in [0.25, 0.3) is 0 Å². The third-order valence-corrected chi connectivity index (χ3v) is 5.11. The molecule has 0 radical (unpaired) electrons. The van der Waals surface area contributed by atoms with Crippen molar-refractivity contribution in [2.24, 2.45) is 0 Å². The Labute approximate surface area is 181 Å². The first-order chi connectivity index (χ1) is 13.6. The summed E-state index contributed by atoms with van der Waals surface area (Å²) in [5.41, 5.74) is 1.41. The number of carbonyl (C=O) groups is 1. The minimum Gasteiger partial charge on any atom is -0.493 e. The molecular weight excluding hydrogens is 436 g/mol. The molecule has 0 saturated carbocycles. The first-order valence-corrected chi connectivity index (χ1v) is 10.9. The van der Waals surface area contributed by atoms with Crippen molar-refractivity contribution in [3.63, 3.8) is 0 Å².